The van der Waals surface area contributed by atoms with Crippen LogP contribution < -0.4 is 5.56 Å². The van der Waals surface area contributed by atoms with Crippen LogP contribution >= 0.6 is 11.6 Å². The molecule has 6 heteroatoms. The van der Waals surface area contributed by atoms with Crippen molar-refractivity contribution >= 4 is 28.4 Å². The Morgan fingerprint density at radius 1 is 1.00 bits per heavy atom. The monoisotopic (exact) mass is 431 g/mol. The molecular weight excluding hydrogens is 410 g/mol. The molecule has 31 heavy (non-hydrogen) atoms. The van der Waals surface area contributed by atoms with Crippen molar-refractivity contribution in [3.63, 3.8) is 0 Å². The average Bonchev–Trinajstić information content (AvgIpc) is 2.78. The topological polar surface area (TPSA) is 66.1 Å². The highest BCUT2D eigenvalue weighted by Crippen LogP contribution is 2.14. The van der Waals surface area contributed by atoms with Crippen LogP contribution in [0.15, 0.2) is 77.6 Å². The van der Waals surface area contributed by atoms with Gasteiger partial charge >= 0.3 is 0 Å². The number of halogens is 1. The van der Waals surface area contributed by atoms with Gasteiger partial charge in [0.2, 0.25) is 0 Å². The molecule has 0 aliphatic rings. The zero-order chi connectivity index (χ0) is 21.8. The minimum Gasteiger partial charge on any atom is -0.331 e. The number of para-hydroxylation sites is 1. The SMILES string of the molecule is Cc1ccc(C(=O)N(CCc2ccc(Cl)cc2)Cc2nc3ccccc3c(=O)[nH]2)cc1. The maximum Gasteiger partial charge on any atom is 0.258 e. The molecule has 4 rings (SSSR count). The van der Waals surface area contributed by atoms with Crippen LogP contribution in [0.3, 0.4) is 0 Å². The molecule has 0 aliphatic carbocycles. The first-order valence-corrected chi connectivity index (χ1v) is 10.5. The predicted octanol–water partition coefficient (Wildman–Crippen LogP) is 4.77. The first-order chi connectivity index (χ1) is 15.0. The number of nitrogens with one attached hydrogen (secondary N) is 1. The molecule has 0 spiro atoms. The molecule has 1 aromatic heterocycles. The second kappa shape index (κ2) is 9.14. The third-order valence-electron chi connectivity index (χ3n) is 5.17. The van der Waals surface area contributed by atoms with Crippen LogP contribution in [-0.2, 0) is 13.0 Å². The molecule has 0 radical (unpaired) electrons. The van der Waals surface area contributed by atoms with E-state index in [-0.39, 0.29) is 18.0 Å². The Morgan fingerprint density at radius 3 is 2.45 bits per heavy atom. The molecule has 5 nitrogen and oxygen atoms in total. The zero-order valence-corrected chi connectivity index (χ0v) is 17.9. The molecule has 0 atom stereocenters. The molecule has 3 aromatic carbocycles. The lowest BCUT2D eigenvalue weighted by atomic mass is 10.1. The number of fused-ring (bicyclic) bond motifs is 1. The molecule has 4 aromatic rings. The molecule has 156 valence electrons. The molecule has 1 amide bonds. The van der Waals surface area contributed by atoms with E-state index in [1.165, 1.54) is 0 Å². The van der Waals surface area contributed by atoms with Crippen LogP contribution in [-0.4, -0.2) is 27.3 Å². The number of carbonyl (C=O) groups excluding carboxylic acids is 1. The summed E-state index contributed by atoms with van der Waals surface area (Å²) in [6, 6.07) is 22.2. The average molecular weight is 432 g/mol. The summed E-state index contributed by atoms with van der Waals surface area (Å²) in [7, 11) is 0. The normalized spacial score (nSPS) is 10.9. The van der Waals surface area contributed by atoms with Crippen molar-refractivity contribution in [3.8, 4) is 0 Å². The fourth-order valence-electron chi connectivity index (χ4n) is 3.44. The summed E-state index contributed by atoms with van der Waals surface area (Å²) in [5.74, 6) is 0.352. The maximum atomic E-state index is 13.3. The number of H-pyrrole nitrogens is 1. The van der Waals surface area contributed by atoms with Crippen LogP contribution in [0.2, 0.25) is 5.02 Å². The van der Waals surface area contributed by atoms with Crippen LogP contribution in [0.25, 0.3) is 10.9 Å². The fourth-order valence-corrected chi connectivity index (χ4v) is 3.56. The Labute approximate surface area is 185 Å². The second-order valence-corrected chi connectivity index (χ2v) is 7.94. The lowest BCUT2D eigenvalue weighted by molar-refractivity contribution is 0.0741. The van der Waals surface area contributed by atoms with E-state index >= 15 is 0 Å². The Bertz CT molecular complexity index is 1260. The number of amides is 1. The molecule has 0 aliphatic heterocycles. The van der Waals surface area contributed by atoms with Crippen molar-refractivity contribution in [3.05, 3.63) is 111 Å². The number of aromatic nitrogens is 2. The van der Waals surface area contributed by atoms with Crippen LogP contribution in [0.5, 0.6) is 0 Å². The van der Waals surface area contributed by atoms with Gasteiger partial charge in [0.25, 0.3) is 11.5 Å². The highest BCUT2D eigenvalue weighted by atomic mass is 35.5. The lowest BCUT2D eigenvalue weighted by Gasteiger charge is -2.23. The first-order valence-electron chi connectivity index (χ1n) is 10.1. The van der Waals surface area contributed by atoms with Gasteiger partial charge in [-0.25, -0.2) is 4.98 Å². The highest BCUT2D eigenvalue weighted by molar-refractivity contribution is 6.30. The number of aromatic amines is 1. The quantitative estimate of drug-likeness (QED) is 0.478. The Morgan fingerprint density at radius 2 is 1.71 bits per heavy atom. The van der Waals surface area contributed by atoms with E-state index < -0.39 is 0 Å². The van der Waals surface area contributed by atoms with Gasteiger partial charge in [-0.3, -0.25) is 9.59 Å². The maximum absolute atomic E-state index is 13.3. The van der Waals surface area contributed by atoms with E-state index in [0.29, 0.717) is 40.3 Å². The van der Waals surface area contributed by atoms with E-state index in [1.807, 2.05) is 61.5 Å². The molecule has 0 bridgehead atoms. The zero-order valence-electron chi connectivity index (χ0n) is 17.1. The summed E-state index contributed by atoms with van der Waals surface area (Å²) in [5.41, 5.74) is 3.17. The number of hydrogen-bond acceptors (Lipinski definition) is 3. The molecule has 0 saturated heterocycles. The number of aryl methyl sites for hydroxylation is 1. The largest absolute Gasteiger partial charge is 0.331 e. The Hall–Kier alpha value is -3.44. The van der Waals surface area contributed by atoms with Gasteiger partial charge in [-0.2, -0.15) is 0 Å². The van der Waals surface area contributed by atoms with E-state index in [2.05, 4.69) is 9.97 Å². The standard InChI is InChI=1S/C25H22ClN3O2/c1-17-6-10-19(11-7-17)25(31)29(15-14-18-8-12-20(26)13-9-18)16-23-27-22-5-3-2-4-21(22)24(30)28-23/h2-13H,14-16H2,1H3,(H,27,28,30). The molecule has 0 fully saturated rings. The molecule has 1 N–H and O–H groups in total. The van der Waals surface area contributed by atoms with E-state index in [0.717, 1.165) is 11.1 Å². The van der Waals surface area contributed by atoms with Crippen molar-refractivity contribution < 1.29 is 4.79 Å². The predicted molar refractivity (Wildman–Crippen MR) is 123 cm³/mol. The fraction of sp³-hybridized carbons (Fsp3) is 0.160. The highest BCUT2D eigenvalue weighted by Gasteiger charge is 2.18. The van der Waals surface area contributed by atoms with Gasteiger partial charge in [-0.1, -0.05) is 53.6 Å². The summed E-state index contributed by atoms with van der Waals surface area (Å²) in [6.07, 6.45) is 0.659. The molecule has 0 unspecified atom stereocenters. The van der Waals surface area contributed by atoms with E-state index in [1.54, 1.807) is 23.1 Å². The second-order valence-electron chi connectivity index (χ2n) is 7.50. The smallest absolute Gasteiger partial charge is 0.258 e. The molecule has 0 saturated carbocycles. The van der Waals surface area contributed by atoms with Gasteiger partial charge < -0.3 is 9.88 Å². The van der Waals surface area contributed by atoms with E-state index in [9.17, 15) is 9.59 Å². The van der Waals surface area contributed by atoms with Crippen molar-refractivity contribution in [2.75, 3.05) is 6.54 Å². The van der Waals surface area contributed by atoms with Crippen molar-refractivity contribution in [1.82, 2.24) is 14.9 Å². The van der Waals surface area contributed by atoms with Crippen molar-refractivity contribution in [2.45, 2.75) is 19.9 Å². The van der Waals surface area contributed by atoms with Crippen LogP contribution in [0.4, 0.5) is 0 Å². The summed E-state index contributed by atoms with van der Waals surface area (Å²) >= 11 is 5.98. The number of hydrogen-bond donors (Lipinski definition) is 1. The third kappa shape index (κ3) is 5.01. The van der Waals surface area contributed by atoms with Gasteiger partial charge in [0.15, 0.2) is 0 Å². The number of nitrogens with zero attached hydrogens (tertiary/aromatic N) is 2. The van der Waals surface area contributed by atoms with Gasteiger partial charge in [0, 0.05) is 17.1 Å². The minimum atomic E-state index is -0.207. The summed E-state index contributed by atoms with van der Waals surface area (Å²) in [5, 5.41) is 1.21. The summed E-state index contributed by atoms with van der Waals surface area (Å²) < 4.78 is 0. The summed E-state index contributed by atoms with van der Waals surface area (Å²) in [4.78, 5) is 34.8. The van der Waals surface area contributed by atoms with E-state index in [4.69, 9.17) is 11.6 Å². The first kappa shape index (κ1) is 20.8. The summed E-state index contributed by atoms with van der Waals surface area (Å²) in [6.45, 7) is 2.67. The van der Waals surface area contributed by atoms with Gasteiger partial charge in [-0.15, -0.1) is 0 Å². The number of rotatable bonds is 6. The minimum absolute atomic E-state index is 0.107. The van der Waals surface area contributed by atoms with Crippen LogP contribution in [0, 0.1) is 6.92 Å². The van der Waals surface area contributed by atoms with Crippen molar-refractivity contribution in [2.24, 2.45) is 0 Å². The molecule has 1 heterocycles. The Balaban J connectivity index is 1.62. The van der Waals surface area contributed by atoms with Gasteiger partial charge in [0.1, 0.15) is 5.82 Å². The van der Waals surface area contributed by atoms with Gasteiger partial charge in [-0.05, 0) is 55.3 Å². The number of carbonyl (C=O) groups is 1. The van der Waals surface area contributed by atoms with Gasteiger partial charge in [0.05, 0.1) is 17.4 Å². The van der Waals surface area contributed by atoms with Crippen LogP contribution in [0.1, 0.15) is 27.3 Å². The Kier molecular flexibility index (Phi) is 6.14. The lowest BCUT2D eigenvalue weighted by Crippen LogP contribution is -2.34. The number of benzene rings is 3. The molecular formula is C25H22ClN3O2. The van der Waals surface area contributed by atoms with Crippen molar-refractivity contribution in [1.29, 1.82) is 0 Å². The third-order valence-corrected chi connectivity index (χ3v) is 5.42.